The number of carbonyl (C=O) groups excluding carboxylic acids is 1. The molecular weight excluding hydrogens is 263 g/mol. The minimum Gasteiger partial charge on any atom is -0.296 e. The Bertz CT molecular complexity index is 589. The average molecular weight is 271 g/mol. The topological polar surface area (TPSA) is 30.0 Å². The highest BCUT2D eigenvalue weighted by Gasteiger charge is 2.30. The maximum Gasteiger partial charge on any atom is 0.416 e. The van der Waals surface area contributed by atoms with Crippen molar-refractivity contribution in [1.29, 1.82) is 0 Å². The maximum absolute atomic E-state index is 12.6. The maximum atomic E-state index is 12.6. The average Bonchev–Trinajstić information content (AvgIpc) is 2.70. The number of nitrogens with zero attached hydrogens (tertiary/aromatic N) is 1. The van der Waals surface area contributed by atoms with Crippen LogP contribution in [-0.4, -0.2) is 11.3 Å². The number of halogens is 3. The summed E-state index contributed by atoms with van der Waals surface area (Å²) in [4.78, 5) is 15.4. The smallest absolute Gasteiger partial charge is 0.296 e. The molecule has 0 fully saturated rings. The Labute approximate surface area is 105 Å². The van der Waals surface area contributed by atoms with Gasteiger partial charge < -0.3 is 0 Å². The molecule has 0 saturated carbocycles. The van der Waals surface area contributed by atoms with Gasteiger partial charge in [-0.25, -0.2) is 4.98 Å². The van der Waals surface area contributed by atoms with Crippen molar-refractivity contribution in [2.75, 3.05) is 0 Å². The first-order valence-electron chi connectivity index (χ1n) is 5.02. The van der Waals surface area contributed by atoms with E-state index in [1.807, 2.05) is 0 Å². The predicted molar refractivity (Wildman–Crippen MR) is 62.7 cm³/mol. The lowest BCUT2D eigenvalue weighted by atomic mass is 10.1. The summed E-state index contributed by atoms with van der Waals surface area (Å²) in [6, 6.07) is 4.91. The van der Waals surface area contributed by atoms with Gasteiger partial charge in [0.1, 0.15) is 10.7 Å². The molecule has 0 aliphatic rings. The van der Waals surface area contributed by atoms with Gasteiger partial charge in [0.25, 0.3) is 0 Å². The van der Waals surface area contributed by atoms with Crippen LogP contribution in [-0.2, 0) is 6.18 Å². The summed E-state index contributed by atoms with van der Waals surface area (Å²) in [5, 5.41) is 0.417. The third-order valence-electron chi connectivity index (χ3n) is 2.38. The van der Waals surface area contributed by atoms with E-state index in [0.717, 1.165) is 12.1 Å². The van der Waals surface area contributed by atoms with Crippen LogP contribution in [0.2, 0.25) is 0 Å². The van der Waals surface area contributed by atoms with E-state index in [1.165, 1.54) is 17.4 Å². The van der Waals surface area contributed by atoms with Gasteiger partial charge in [-0.1, -0.05) is 12.1 Å². The van der Waals surface area contributed by atoms with Gasteiger partial charge in [0.15, 0.2) is 6.29 Å². The van der Waals surface area contributed by atoms with Gasteiger partial charge in [0, 0.05) is 10.4 Å². The predicted octanol–water partition coefficient (Wildman–Crippen LogP) is 3.95. The Morgan fingerprint density at radius 2 is 2.06 bits per heavy atom. The SMILES string of the molecule is Cc1sc(-c2cccc(C(F)(F)F)c2)nc1C=O. The number of thiazole rings is 1. The fourth-order valence-corrected chi connectivity index (χ4v) is 2.35. The van der Waals surface area contributed by atoms with E-state index < -0.39 is 11.7 Å². The van der Waals surface area contributed by atoms with E-state index in [4.69, 9.17) is 0 Å². The van der Waals surface area contributed by atoms with Crippen LogP contribution in [0.1, 0.15) is 20.9 Å². The van der Waals surface area contributed by atoms with Gasteiger partial charge >= 0.3 is 6.18 Å². The Balaban J connectivity index is 2.47. The van der Waals surface area contributed by atoms with E-state index in [1.54, 1.807) is 13.0 Å². The molecule has 1 heterocycles. The molecule has 0 bridgehead atoms. The first-order chi connectivity index (χ1) is 8.41. The molecule has 0 N–H and O–H groups in total. The molecule has 0 saturated heterocycles. The van der Waals surface area contributed by atoms with Crippen molar-refractivity contribution >= 4 is 17.6 Å². The number of aldehydes is 1. The zero-order chi connectivity index (χ0) is 13.3. The molecule has 0 aliphatic heterocycles. The van der Waals surface area contributed by atoms with Crippen molar-refractivity contribution in [3.05, 3.63) is 40.4 Å². The number of benzene rings is 1. The van der Waals surface area contributed by atoms with Gasteiger partial charge in [0.05, 0.1) is 5.56 Å². The van der Waals surface area contributed by atoms with Crippen molar-refractivity contribution in [2.24, 2.45) is 0 Å². The number of hydrogen-bond donors (Lipinski definition) is 0. The lowest BCUT2D eigenvalue weighted by molar-refractivity contribution is -0.137. The lowest BCUT2D eigenvalue weighted by Gasteiger charge is -2.07. The quantitative estimate of drug-likeness (QED) is 0.774. The zero-order valence-electron chi connectivity index (χ0n) is 9.28. The summed E-state index contributed by atoms with van der Waals surface area (Å²) >= 11 is 1.20. The summed E-state index contributed by atoms with van der Waals surface area (Å²) in [5.41, 5.74) is -0.0843. The van der Waals surface area contributed by atoms with Crippen LogP contribution in [0.25, 0.3) is 10.6 Å². The molecule has 0 amide bonds. The van der Waals surface area contributed by atoms with Crippen LogP contribution in [0.15, 0.2) is 24.3 Å². The number of alkyl halides is 3. The van der Waals surface area contributed by atoms with Gasteiger partial charge in [-0.3, -0.25) is 4.79 Å². The molecule has 18 heavy (non-hydrogen) atoms. The molecule has 0 radical (unpaired) electrons. The van der Waals surface area contributed by atoms with Gasteiger partial charge in [-0.2, -0.15) is 13.2 Å². The minimum absolute atomic E-state index is 0.271. The summed E-state index contributed by atoms with van der Waals surface area (Å²) in [5.74, 6) is 0. The van der Waals surface area contributed by atoms with Crippen LogP contribution in [0.5, 0.6) is 0 Å². The largest absolute Gasteiger partial charge is 0.416 e. The van der Waals surface area contributed by atoms with Gasteiger partial charge in [-0.05, 0) is 19.1 Å². The lowest BCUT2D eigenvalue weighted by Crippen LogP contribution is -2.04. The van der Waals surface area contributed by atoms with Crippen molar-refractivity contribution < 1.29 is 18.0 Å². The third-order valence-corrected chi connectivity index (χ3v) is 3.42. The van der Waals surface area contributed by atoms with Crippen molar-refractivity contribution in [2.45, 2.75) is 13.1 Å². The molecule has 0 atom stereocenters. The van der Waals surface area contributed by atoms with E-state index in [9.17, 15) is 18.0 Å². The second-order valence-electron chi connectivity index (χ2n) is 3.66. The van der Waals surface area contributed by atoms with Crippen molar-refractivity contribution in [3.63, 3.8) is 0 Å². The van der Waals surface area contributed by atoms with E-state index in [-0.39, 0.29) is 5.69 Å². The van der Waals surface area contributed by atoms with Crippen LogP contribution in [0, 0.1) is 6.92 Å². The molecule has 6 heteroatoms. The molecule has 2 aromatic rings. The number of hydrogen-bond acceptors (Lipinski definition) is 3. The van der Waals surface area contributed by atoms with Gasteiger partial charge in [-0.15, -0.1) is 11.3 Å². The number of aryl methyl sites for hydroxylation is 1. The first-order valence-corrected chi connectivity index (χ1v) is 5.83. The summed E-state index contributed by atoms with van der Waals surface area (Å²) in [6.07, 6.45) is -3.78. The Hall–Kier alpha value is -1.69. The summed E-state index contributed by atoms with van der Waals surface area (Å²) in [6.45, 7) is 1.71. The number of rotatable bonds is 2. The zero-order valence-corrected chi connectivity index (χ0v) is 10.1. The highest BCUT2D eigenvalue weighted by Crippen LogP contribution is 2.33. The third kappa shape index (κ3) is 2.43. The second kappa shape index (κ2) is 4.53. The molecule has 1 aromatic heterocycles. The van der Waals surface area contributed by atoms with Crippen LogP contribution in [0.4, 0.5) is 13.2 Å². The van der Waals surface area contributed by atoms with Crippen molar-refractivity contribution in [3.8, 4) is 10.6 Å². The molecule has 2 rings (SSSR count). The van der Waals surface area contributed by atoms with E-state index >= 15 is 0 Å². The minimum atomic E-state index is -4.38. The molecule has 0 aliphatic carbocycles. The number of carbonyl (C=O) groups is 1. The Kier molecular flexibility index (Phi) is 3.21. The van der Waals surface area contributed by atoms with Crippen LogP contribution < -0.4 is 0 Å². The molecular formula is C12H8F3NOS. The van der Waals surface area contributed by atoms with E-state index in [2.05, 4.69) is 4.98 Å². The standard InChI is InChI=1S/C12H8F3NOS/c1-7-10(6-17)16-11(18-7)8-3-2-4-9(5-8)12(13,14)15/h2-6H,1H3. The van der Waals surface area contributed by atoms with Crippen LogP contribution in [0.3, 0.4) is 0 Å². The molecule has 94 valence electrons. The normalized spacial score (nSPS) is 11.6. The monoisotopic (exact) mass is 271 g/mol. The Morgan fingerprint density at radius 3 is 2.61 bits per heavy atom. The molecule has 0 unspecified atom stereocenters. The highest BCUT2D eigenvalue weighted by molar-refractivity contribution is 7.15. The molecule has 0 spiro atoms. The Morgan fingerprint density at radius 1 is 1.33 bits per heavy atom. The first kappa shape index (κ1) is 12.8. The van der Waals surface area contributed by atoms with Crippen molar-refractivity contribution in [1.82, 2.24) is 4.98 Å². The fourth-order valence-electron chi connectivity index (χ4n) is 1.47. The van der Waals surface area contributed by atoms with Crippen LogP contribution >= 0.6 is 11.3 Å². The molecule has 2 nitrogen and oxygen atoms in total. The second-order valence-corrected chi connectivity index (χ2v) is 4.86. The summed E-state index contributed by atoms with van der Waals surface area (Å²) in [7, 11) is 0. The fraction of sp³-hybridized carbons (Fsp3) is 0.167. The summed E-state index contributed by atoms with van der Waals surface area (Å²) < 4.78 is 37.7. The molecule has 1 aromatic carbocycles. The number of aromatic nitrogens is 1. The van der Waals surface area contributed by atoms with E-state index in [0.29, 0.717) is 21.7 Å². The van der Waals surface area contributed by atoms with Gasteiger partial charge in [0.2, 0.25) is 0 Å². The highest BCUT2D eigenvalue weighted by atomic mass is 32.1.